The van der Waals surface area contributed by atoms with Crippen molar-refractivity contribution in [1.82, 2.24) is 4.72 Å². The summed E-state index contributed by atoms with van der Waals surface area (Å²) in [7, 11) is -0.863. The van der Waals surface area contributed by atoms with Crippen molar-refractivity contribution in [3.63, 3.8) is 0 Å². The van der Waals surface area contributed by atoms with Crippen LogP contribution in [-0.4, -0.2) is 41.3 Å². The average molecular weight is 287 g/mol. The van der Waals surface area contributed by atoms with Gasteiger partial charge in [-0.15, -0.1) is 0 Å². The third-order valence-electron chi connectivity index (χ3n) is 2.52. The number of hydrogen-bond donors (Lipinski definition) is 1. The maximum Gasteiger partial charge on any atom is 0.240 e. The predicted octanol–water partition coefficient (Wildman–Crippen LogP) is 0.786. The molecule has 0 aliphatic rings. The summed E-state index contributed by atoms with van der Waals surface area (Å²) < 4.78 is 36.2. The third-order valence-corrected chi connectivity index (χ3v) is 3.94. The zero-order valence-electron chi connectivity index (χ0n) is 11.0. The molecule has 0 aliphatic heterocycles. The van der Waals surface area contributed by atoms with Crippen molar-refractivity contribution in [2.24, 2.45) is 0 Å². The molecule has 0 unspecified atom stereocenters. The van der Waals surface area contributed by atoms with Crippen LogP contribution in [0.4, 0.5) is 0 Å². The molecule has 0 saturated heterocycles. The Hall–Kier alpha value is -1.28. The van der Waals surface area contributed by atoms with Crippen LogP contribution in [0.3, 0.4) is 0 Å². The lowest BCUT2D eigenvalue weighted by molar-refractivity contribution is -0.0960. The maximum atomic E-state index is 12.0. The van der Waals surface area contributed by atoms with Crippen LogP contribution in [-0.2, 0) is 19.5 Å². The second-order valence-corrected chi connectivity index (χ2v) is 5.60. The molecule has 0 spiro atoms. The molecule has 1 aromatic rings. The number of hydrogen-bond acceptors (Lipinski definition) is 5. The maximum absolute atomic E-state index is 12.0. The van der Waals surface area contributed by atoms with Gasteiger partial charge >= 0.3 is 0 Å². The van der Waals surface area contributed by atoms with Crippen molar-refractivity contribution in [1.29, 1.82) is 0 Å². The minimum atomic E-state index is -3.69. The summed E-state index contributed by atoms with van der Waals surface area (Å²) in [6.45, 7) is 1.37. The number of carbonyl (C=O) groups is 1. The fourth-order valence-electron chi connectivity index (χ4n) is 1.41. The fraction of sp³-hybridized carbons (Fsp3) is 0.417. The number of sulfonamides is 1. The highest BCUT2D eigenvalue weighted by Gasteiger charge is 2.17. The van der Waals surface area contributed by atoms with E-state index in [-0.39, 0.29) is 17.2 Å². The molecule has 0 heterocycles. The highest BCUT2D eigenvalue weighted by Crippen LogP contribution is 2.12. The molecular weight excluding hydrogens is 270 g/mol. The van der Waals surface area contributed by atoms with Gasteiger partial charge in [0.25, 0.3) is 0 Å². The van der Waals surface area contributed by atoms with Gasteiger partial charge in [0.2, 0.25) is 10.0 Å². The summed E-state index contributed by atoms with van der Waals surface area (Å²) in [6, 6.07) is 5.84. The number of ether oxygens (including phenoxy) is 2. The van der Waals surface area contributed by atoms with Gasteiger partial charge in [0.1, 0.15) is 0 Å². The number of benzene rings is 1. The molecule has 7 heteroatoms. The molecule has 0 aromatic heterocycles. The van der Waals surface area contributed by atoms with E-state index in [2.05, 4.69) is 4.72 Å². The van der Waals surface area contributed by atoms with Crippen molar-refractivity contribution < 1.29 is 22.7 Å². The molecule has 0 radical (unpaired) electrons. The summed E-state index contributed by atoms with van der Waals surface area (Å²) in [5, 5.41) is 0. The average Bonchev–Trinajstić information content (AvgIpc) is 2.40. The van der Waals surface area contributed by atoms with Crippen molar-refractivity contribution in [3.05, 3.63) is 29.8 Å². The molecule has 1 aromatic carbocycles. The van der Waals surface area contributed by atoms with Crippen LogP contribution < -0.4 is 4.72 Å². The van der Waals surface area contributed by atoms with E-state index >= 15 is 0 Å². The van der Waals surface area contributed by atoms with Crippen molar-refractivity contribution in [3.8, 4) is 0 Å². The quantitative estimate of drug-likeness (QED) is 0.592. The van der Waals surface area contributed by atoms with Gasteiger partial charge in [0.15, 0.2) is 12.1 Å². The van der Waals surface area contributed by atoms with E-state index in [4.69, 9.17) is 9.47 Å². The van der Waals surface area contributed by atoms with Crippen LogP contribution in [0.1, 0.15) is 17.3 Å². The van der Waals surface area contributed by atoms with E-state index in [1.807, 2.05) is 0 Å². The second kappa shape index (κ2) is 6.76. The summed E-state index contributed by atoms with van der Waals surface area (Å²) >= 11 is 0. The summed E-state index contributed by atoms with van der Waals surface area (Å²) in [5.41, 5.74) is 0.345. The van der Waals surface area contributed by atoms with E-state index in [0.717, 1.165) is 0 Å². The predicted molar refractivity (Wildman–Crippen MR) is 69.4 cm³/mol. The van der Waals surface area contributed by atoms with Crippen LogP contribution in [0, 0.1) is 0 Å². The van der Waals surface area contributed by atoms with E-state index in [1.54, 1.807) is 6.07 Å². The van der Waals surface area contributed by atoms with Crippen LogP contribution in [0.2, 0.25) is 0 Å². The second-order valence-electron chi connectivity index (χ2n) is 3.84. The topological polar surface area (TPSA) is 81.7 Å². The number of nitrogens with one attached hydrogen (secondary N) is 1. The Balaban J connectivity index is 2.88. The summed E-state index contributed by atoms with van der Waals surface area (Å²) in [4.78, 5) is 11.3. The minimum absolute atomic E-state index is 0.0143. The smallest absolute Gasteiger partial charge is 0.240 e. The van der Waals surface area contributed by atoms with Gasteiger partial charge in [-0.05, 0) is 19.1 Å². The van der Waals surface area contributed by atoms with Gasteiger partial charge in [0, 0.05) is 19.8 Å². The molecule has 0 saturated carbocycles. The normalized spacial score (nSPS) is 11.8. The molecule has 19 heavy (non-hydrogen) atoms. The Bertz CT molecular complexity index is 537. The van der Waals surface area contributed by atoms with Gasteiger partial charge in [-0.3, -0.25) is 4.79 Å². The van der Waals surface area contributed by atoms with Gasteiger partial charge in [-0.2, -0.15) is 0 Å². The van der Waals surface area contributed by atoms with E-state index in [9.17, 15) is 13.2 Å². The highest BCUT2D eigenvalue weighted by molar-refractivity contribution is 7.89. The van der Waals surface area contributed by atoms with Crippen molar-refractivity contribution in [2.75, 3.05) is 20.8 Å². The van der Waals surface area contributed by atoms with Crippen LogP contribution >= 0.6 is 0 Å². The molecule has 6 nitrogen and oxygen atoms in total. The lowest BCUT2D eigenvalue weighted by atomic mass is 10.2. The highest BCUT2D eigenvalue weighted by atomic mass is 32.2. The summed E-state index contributed by atoms with van der Waals surface area (Å²) in [6.07, 6.45) is -0.661. The van der Waals surface area contributed by atoms with E-state index in [1.165, 1.54) is 39.3 Å². The van der Waals surface area contributed by atoms with E-state index < -0.39 is 16.3 Å². The van der Waals surface area contributed by atoms with Crippen LogP contribution in [0.15, 0.2) is 29.2 Å². The van der Waals surface area contributed by atoms with Crippen molar-refractivity contribution >= 4 is 15.8 Å². The van der Waals surface area contributed by atoms with Crippen molar-refractivity contribution in [2.45, 2.75) is 18.1 Å². The first-order valence-corrected chi connectivity index (χ1v) is 7.05. The zero-order valence-corrected chi connectivity index (χ0v) is 11.9. The first-order chi connectivity index (χ1) is 8.90. The Labute approximate surface area is 112 Å². The van der Waals surface area contributed by atoms with Gasteiger partial charge < -0.3 is 9.47 Å². The molecule has 1 N–H and O–H groups in total. The molecule has 0 amide bonds. The Morgan fingerprint density at radius 2 is 1.95 bits per heavy atom. The molecule has 0 bridgehead atoms. The molecule has 0 fully saturated rings. The number of rotatable bonds is 7. The Morgan fingerprint density at radius 3 is 2.47 bits per heavy atom. The number of Topliss-reactive ketones (excluding diaryl/α,β-unsaturated/α-hetero) is 1. The lowest BCUT2D eigenvalue weighted by Gasteiger charge is -2.14. The van der Waals surface area contributed by atoms with Gasteiger partial charge in [-0.1, -0.05) is 12.1 Å². The zero-order chi connectivity index (χ0) is 14.5. The molecule has 0 aliphatic carbocycles. The largest absolute Gasteiger partial charge is 0.355 e. The SMILES string of the molecule is COC(CNS(=O)(=O)c1cccc(C(C)=O)c1)OC. The molecule has 1 rings (SSSR count). The van der Waals surface area contributed by atoms with Gasteiger partial charge in [0.05, 0.1) is 11.4 Å². The number of methoxy groups -OCH3 is 2. The van der Waals surface area contributed by atoms with Crippen LogP contribution in [0.5, 0.6) is 0 Å². The molecular formula is C12H17NO5S. The lowest BCUT2D eigenvalue weighted by Crippen LogP contribution is -2.34. The standard InChI is InChI=1S/C12H17NO5S/c1-9(14)10-5-4-6-11(7-10)19(15,16)13-8-12(17-2)18-3/h4-7,12-13H,8H2,1-3H3. The monoisotopic (exact) mass is 287 g/mol. The summed E-state index contributed by atoms with van der Waals surface area (Å²) in [5.74, 6) is -0.191. The number of carbonyl (C=O) groups excluding carboxylic acids is 1. The van der Waals surface area contributed by atoms with E-state index in [0.29, 0.717) is 5.56 Å². The first-order valence-electron chi connectivity index (χ1n) is 5.57. The Kier molecular flexibility index (Phi) is 5.61. The Morgan fingerprint density at radius 1 is 1.32 bits per heavy atom. The minimum Gasteiger partial charge on any atom is -0.355 e. The molecule has 0 atom stereocenters. The third kappa shape index (κ3) is 4.39. The van der Waals surface area contributed by atoms with Crippen LogP contribution in [0.25, 0.3) is 0 Å². The fourth-order valence-corrected chi connectivity index (χ4v) is 2.47. The first kappa shape index (κ1) is 15.8. The van der Waals surface area contributed by atoms with Gasteiger partial charge in [-0.25, -0.2) is 13.1 Å². The molecule has 106 valence electrons. The number of ketones is 1.